The van der Waals surface area contributed by atoms with Crippen LogP contribution in [0, 0.1) is 12.8 Å². The molecule has 1 aromatic carbocycles. The normalized spacial score (nSPS) is 11.2. The summed E-state index contributed by atoms with van der Waals surface area (Å²) in [6, 6.07) is 8.44. The van der Waals surface area contributed by atoms with E-state index in [0.29, 0.717) is 18.2 Å². The van der Waals surface area contributed by atoms with E-state index in [-0.39, 0.29) is 5.78 Å². The quantitative estimate of drug-likeness (QED) is 0.609. The van der Waals surface area contributed by atoms with Gasteiger partial charge in [0, 0.05) is 36.3 Å². The van der Waals surface area contributed by atoms with Crippen molar-refractivity contribution >= 4 is 17.1 Å². The third kappa shape index (κ3) is 4.15. The molecule has 0 spiro atoms. The standard InChI is InChI=1S/C22H25N3OS/c1-13(2)9-19-17(10-23)21(16-7-5-14(3)6-8-16)18(11-24-19)22-25-20(12-27-22)15(4)26/h5-8,11-13H,9-10,23H2,1-4H3. The fourth-order valence-corrected chi connectivity index (χ4v) is 4.02. The molecule has 2 aromatic heterocycles. The van der Waals surface area contributed by atoms with Crippen molar-refractivity contribution in [3.8, 4) is 21.7 Å². The van der Waals surface area contributed by atoms with Crippen LogP contribution < -0.4 is 5.73 Å². The van der Waals surface area contributed by atoms with Crippen molar-refractivity contribution in [1.82, 2.24) is 9.97 Å². The molecule has 0 unspecified atom stereocenters. The Hall–Kier alpha value is -2.37. The smallest absolute Gasteiger partial charge is 0.178 e. The maximum atomic E-state index is 11.7. The first-order valence-electron chi connectivity index (χ1n) is 9.15. The van der Waals surface area contributed by atoms with E-state index >= 15 is 0 Å². The number of aromatic nitrogens is 2. The molecule has 140 valence electrons. The molecule has 0 radical (unpaired) electrons. The second kappa shape index (κ2) is 8.11. The number of Topliss-reactive ketones (excluding diaryl/α,β-unsaturated/α-hetero) is 1. The lowest BCUT2D eigenvalue weighted by Crippen LogP contribution is -2.10. The van der Waals surface area contributed by atoms with Crippen molar-refractivity contribution in [2.75, 3.05) is 0 Å². The maximum Gasteiger partial charge on any atom is 0.178 e. The predicted molar refractivity (Wildman–Crippen MR) is 112 cm³/mol. The van der Waals surface area contributed by atoms with Crippen LogP contribution in [0.2, 0.25) is 0 Å². The van der Waals surface area contributed by atoms with E-state index in [1.54, 1.807) is 5.38 Å². The minimum atomic E-state index is -0.0298. The minimum Gasteiger partial charge on any atom is -0.326 e. The number of rotatable bonds is 6. The molecular formula is C22H25N3OS. The molecule has 0 fully saturated rings. The number of aryl methyl sites for hydroxylation is 1. The lowest BCUT2D eigenvalue weighted by molar-refractivity contribution is 0.101. The summed E-state index contributed by atoms with van der Waals surface area (Å²) in [6.07, 6.45) is 2.76. The number of pyridine rings is 1. The molecule has 0 aliphatic rings. The molecule has 0 bridgehead atoms. The van der Waals surface area contributed by atoms with Gasteiger partial charge in [0.25, 0.3) is 0 Å². The SMILES string of the molecule is CC(=O)c1csc(-c2cnc(CC(C)C)c(CN)c2-c2ccc(C)cc2)n1. The Morgan fingerprint density at radius 3 is 2.48 bits per heavy atom. The fraction of sp³-hybridized carbons (Fsp3) is 0.318. The molecule has 0 aliphatic heterocycles. The molecule has 3 rings (SSSR count). The summed E-state index contributed by atoms with van der Waals surface area (Å²) in [4.78, 5) is 21.0. The van der Waals surface area contributed by atoms with Gasteiger partial charge in [0.15, 0.2) is 5.78 Å². The monoisotopic (exact) mass is 379 g/mol. The van der Waals surface area contributed by atoms with Gasteiger partial charge in [-0.2, -0.15) is 0 Å². The lowest BCUT2D eigenvalue weighted by atomic mass is 9.91. The van der Waals surface area contributed by atoms with E-state index in [1.807, 2.05) is 6.20 Å². The number of nitrogens with two attached hydrogens (primary N) is 1. The van der Waals surface area contributed by atoms with Gasteiger partial charge in [0.1, 0.15) is 10.7 Å². The van der Waals surface area contributed by atoms with E-state index < -0.39 is 0 Å². The fourth-order valence-electron chi connectivity index (χ4n) is 3.15. The molecular weight excluding hydrogens is 354 g/mol. The molecule has 2 N–H and O–H groups in total. The number of hydrogen-bond acceptors (Lipinski definition) is 5. The van der Waals surface area contributed by atoms with Crippen LogP contribution in [-0.2, 0) is 13.0 Å². The molecule has 4 nitrogen and oxygen atoms in total. The Morgan fingerprint density at radius 1 is 1.22 bits per heavy atom. The Bertz CT molecular complexity index is 958. The lowest BCUT2D eigenvalue weighted by Gasteiger charge is -2.18. The highest BCUT2D eigenvalue weighted by Gasteiger charge is 2.20. The second-order valence-corrected chi connectivity index (χ2v) is 8.09. The number of carbonyl (C=O) groups excluding carboxylic acids is 1. The summed E-state index contributed by atoms with van der Waals surface area (Å²) < 4.78 is 0. The van der Waals surface area contributed by atoms with Crippen LogP contribution >= 0.6 is 11.3 Å². The van der Waals surface area contributed by atoms with Crippen molar-refractivity contribution in [2.24, 2.45) is 11.7 Å². The highest BCUT2D eigenvalue weighted by atomic mass is 32.1. The number of hydrogen-bond donors (Lipinski definition) is 1. The number of ketones is 1. The zero-order valence-corrected chi connectivity index (χ0v) is 17.1. The van der Waals surface area contributed by atoms with Crippen LogP contribution in [0.4, 0.5) is 0 Å². The molecule has 0 amide bonds. The van der Waals surface area contributed by atoms with Crippen LogP contribution in [-0.4, -0.2) is 15.8 Å². The van der Waals surface area contributed by atoms with E-state index in [1.165, 1.54) is 23.8 Å². The molecule has 0 saturated heterocycles. The Balaban J connectivity index is 2.25. The maximum absolute atomic E-state index is 11.7. The summed E-state index contributed by atoms with van der Waals surface area (Å²) >= 11 is 1.47. The number of nitrogens with zero attached hydrogens (tertiary/aromatic N) is 2. The Labute approximate surface area is 164 Å². The first-order chi connectivity index (χ1) is 12.9. The van der Waals surface area contributed by atoms with Crippen molar-refractivity contribution < 1.29 is 4.79 Å². The first-order valence-corrected chi connectivity index (χ1v) is 10.0. The summed E-state index contributed by atoms with van der Waals surface area (Å²) in [7, 11) is 0. The van der Waals surface area contributed by atoms with E-state index in [2.05, 4.69) is 50.0 Å². The van der Waals surface area contributed by atoms with Gasteiger partial charge in [-0.3, -0.25) is 9.78 Å². The average Bonchev–Trinajstić information content (AvgIpc) is 3.12. The van der Waals surface area contributed by atoms with Crippen molar-refractivity contribution in [3.63, 3.8) is 0 Å². The van der Waals surface area contributed by atoms with Crippen molar-refractivity contribution in [1.29, 1.82) is 0 Å². The first kappa shape index (κ1) is 19.4. The number of thiazole rings is 1. The van der Waals surface area contributed by atoms with Crippen LogP contribution in [0.15, 0.2) is 35.8 Å². The van der Waals surface area contributed by atoms with Gasteiger partial charge in [0.05, 0.1) is 0 Å². The van der Waals surface area contributed by atoms with Gasteiger partial charge in [-0.05, 0) is 36.0 Å². The number of carbonyl (C=O) groups is 1. The molecule has 27 heavy (non-hydrogen) atoms. The highest BCUT2D eigenvalue weighted by molar-refractivity contribution is 7.13. The van der Waals surface area contributed by atoms with Crippen molar-refractivity contribution in [2.45, 2.75) is 40.7 Å². The van der Waals surface area contributed by atoms with Crippen LogP contribution in [0.1, 0.15) is 48.1 Å². The largest absolute Gasteiger partial charge is 0.326 e. The molecule has 0 aliphatic carbocycles. The van der Waals surface area contributed by atoms with Crippen LogP contribution in [0.5, 0.6) is 0 Å². The third-order valence-electron chi connectivity index (χ3n) is 4.51. The predicted octanol–water partition coefficient (Wildman–Crippen LogP) is 5.04. The summed E-state index contributed by atoms with van der Waals surface area (Å²) in [6.45, 7) is 8.39. The zero-order chi connectivity index (χ0) is 19.6. The van der Waals surface area contributed by atoms with Crippen LogP contribution in [0.3, 0.4) is 0 Å². The minimum absolute atomic E-state index is 0.0298. The van der Waals surface area contributed by atoms with Gasteiger partial charge < -0.3 is 5.73 Å². The molecule has 0 atom stereocenters. The van der Waals surface area contributed by atoms with Crippen LogP contribution in [0.25, 0.3) is 21.7 Å². The van der Waals surface area contributed by atoms with Crippen molar-refractivity contribution in [3.05, 3.63) is 58.4 Å². The molecule has 5 heteroatoms. The van der Waals surface area contributed by atoms with Gasteiger partial charge in [0.2, 0.25) is 0 Å². The number of benzene rings is 1. The molecule has 3 aromatic rings. The molecule has 0 saturated carbocycles. The summed E-state index contributed by atoms with van der Waals surface area (Å²) in [5, 5.41) is 2.61. The third-order valence-corrected chi connectivity index (χ3v) is 5.39. The van der Waals surface area contributed by atoms with E-state index in [0.717, 1.165) is 39.4 Å². The van der Waals surface area contributed by atoms with E-state index in [9.17, 15) is 4.79 Å². The van der Waals surface area contributed by atoms with E-state index in [4.69, 9.17) is 10.7 Å². The Morgan fingerprint density at radius 2 is 1.93 bits per heavy atom. The summed E-state index contributed by atoms with van der Waals surface area (Å²) in [5.41, 5.74) is 13.1. The Kier molecular flexibility index (Phi) is 5.82. The second-order valence-electron chi connectivity index (χ2n) is 7.23. The van der Waals surface area contributed by atoms with Gasteiger partial charge in [-0.1, -0.05) is 43.7 Å². The average molecular weight is 380 g/mol. The summed E-state index contributed by atoms with van der Waals surface area (Å²) in [5.74, 6) is 0.460. The van der Waals surface area contributed by atoms with Gasteiger partial charge >= 0.3 is 0 Å². The zero-order valence-electron chi connectivity index (χ0n) is 16.2. The molecule has 2 heterocycles. The van der Waals surface area contributed by atoms with Gasteiger partial charge in [-0.25, -0.2) is 4.98 Å². The highest BCUT2D eigenvalue weighted by Crippen LogP contribution is 2.37. The van der Waals surface area contributed by atoms with Gasteiger partial charge in [-0.15, -0.1) is 11.3 Å². The topological polar surface area (TPSA) is 68.9 Å².